The number of benzene rings is 2. The topological polar surface area (TPSA) is 483 Å². The number of nitrogens with two attached hydrogens (primary N) is 2. The van der Waals surface area contributed by atoms with Gasteiger partial charge in [-0.3, -0.25) is 96.4 Å². The normalized spacial score (nSPS) is 23.7. The first kappa shape index (κ1) is 89.6. The van der Waals surface area contributed by atoms with E-state index in [0.29, 0.717) is 63.3 Å². The van der Waals surface area contributed by atoms with E-state index in [1.54, 1.807) is 49.9 Å². The third kappa shape index (κ3) is 29.8. The van der Waals surface area contributed by atoms with Crippen LogP contribution in [0, 0.1) is 11.8 Å². The maximum atomic E-state index is 15.1. The number of hydrogen-bond acceptors (Lipinski definition) is 23. The molecule has 9 amide bonds. The van der Waals surface area contributed by atoms with Crippen LogP contribution in [0.2, 0.25) is 0 Å². The highest BCUT2D eigenvalue weighted by molar-refractivity contribution is 7.98. The Morgan fingerprint density at radius 1 is 0.577 bits per heavy atom. The summed E-state index contributed by atoms with van der Waals surface area (Å²) in [5.41, 5.74) is 14.1. The lowest BCUT2D eigenvalue weighted by atomic mass is 9.94. The fourth-order valence-electron chi connectivity index (χ4n) is 14.5. The first-order chi connectivity index (χ1) is 52.9. The van der Waals surface area contributed by atoms with Crippen molar-refractivity contribution in [1.82, 2.24) is 60.5 Å². The minimum absolute atomic E-state index is 0.0495. The van der Waals surface area contributed by atoms with Crippen molar-refractivity contribution in [2.24, 2.45) is 23.3 Å². The van der Waals surface area contributed by atoms with Crippen molar-refractivity contribution in [2.45, 2.75) is 164 Å². The van der Waals surface area contributed by atoms with Crippen LogP contribution in [0.1, 0.15) is 120 Å². The average Bonchev–Trinajstić information content (AvgIpc) is 1.68. The summed E-state index contributed by atoms with van der Waals surface area (Å²) in [6.45, 7) is 6.23. The summed E-state index contributed by atoms with van der Waals surface area (Å²) in [4.78, 5) is 218. The Morgan fingerprint density at radius 2 is 1.11 bits per heavy atom. The number of carboxylic acids is 4. The highest BCUT2D eigenvalue weighted by Gasteiger charge is 2.45. The van der Waals surface area contributed by atoms with Gasteiger partial charge in [0.25, 0.3) is 0 Å². The van der Waals surface area contributed by atoms with Crippen LogP contribution in [0.5, 0.6) is 0 Å². The van der Waals surface area contributed by atoms with Crippen LogP contribution in [0.3, 0.4) is 0 Å². The number of aliphatic hydroxyl groups excluding tert-OH is 1. The largest absolute Gasteiger partial charge is 0.481 e. The van der Waals surface area contributed by atoms with Crippen molar-refractivity contribution in [1.29, 1.82) is 0 Å². The fraction of sp³-hybridized carbons (Fsp3) is 0.640. The number of thioether (sulfide) groups is 2. The van der Waals surface area contributed by atoms with Gasteiger partial charge in [0.2, 0.25) is 53.2 Å². The van der Waals surface area contributed by atoms with Crippen molar-refractivity contribution in [3.8, 4) is 0 Å². The number of hydrogen-bond donors (Lipinski definition) is 11. The van der Waals surface area contributed by atoms with Crippen LogP contribution < -0.4 is 32.7 Å². The van der Waals surface area contributed by atoms with Crippen LogP contribution >= 0.6 is 23.5 Å². The number of carbonyl (C=O) groups excluding carboxylic acids is 11. The van der Waals surface area contributed by atoms with Gasteiger partial charge in [-0.2, -0.15) is 23.5 Å². The summed E-state index contributed by atoms with van der Waals surface area (Å²) in [6.07, 6.45) is -0.569. The molecule has 2 aromatic rings. The molecule has 5 aliphatic heterocycles. The molecular formula is C75H110N14O20S2. The number of carboxylic acid groups (broad SMARTS) is 4. The number of piperazine rings is 1. The molecule has 13 N–H and O–H groups in total. The van der Waals surface area contributed by atoms with E-state index in [2.05, 4.69) is 26.2 Å². The number of fused-ring (bicyclic) bond motifs is 4. The minimum atomic E-state index is -1.75. The zero-order chi connectivity index (χ0) is 80.8. The number of primary amides is 2. The van der Waals surface area contributed by atoms with Crippen molar-refractivity contribution in [2.75, 3.05) is 129 Å². The highest BCUT2D eigenvalue weighted by atomic mass is 32.2. The van der Waals surface area contributed by atoms with Gasteiger partial charge in [-0.1, -0.05) is 68.3 Å². The van der Waals surface area contributed by atoms with Gasteiger partial charge in [-0.25, -0.2) is 0 Å². The molecule has 0 aromatic heterocycles. The number of aliphatic carboxylic acids is 4. The third-order valence-corrected chi connectivity index (χ3v) is 22.9. The number of aliphatic hydroxyl groups is 1. The number of amides is 9. The fourth-order valence-corrected chi connectivity index (χ4v) is 16.7. The number of nitrogens with zero attached hydrogens (tertiary/aromatic N) is 8. The molecule has 612 valence electrons. The number of ketones is 2. The highest BCUT2D eigenvalue weighted by Crippen LogP contribution is 2.31. The smallest absolute Gasteiger partial charge is 0.317 e. The number of nitrogens with one attached hydrogen (secondary N) is 4. The lowest BCUT2D eigenvalue weighted by Crippen LogP contribution is -2.61. The van der Waals surface area contributed by atoms with Gasteiger partial charge in [-0.15, -0.1) is 0 Å². The molecule has 0 spiro atoms. The molecular weight excluding hydrogens is 1480 g/mol. The SMILES string of the molecule is CCCCCC(=O)C[C@H]1CSCc2cc(cc(CN3CCN(C(=O)CN4CCN(CC(=O)O)CCN(CC(=O)O)CCN(CC(=O)O)CC4)CC3)c2)CSC[C@@H](C(=O)N[C@@H](CC(=O)O)C(N)=O)CC(=O)[C@H](Cc2ccccc2)NC(=O)[C@H](CCC(N)=O)NC(=O)[C@H]([C@@H](C)O)NC(=O)[C@@H]2CCCN2C(=O)[C@@H]2CCCN2C1=O. The van der Waals surface area contributed by atoms with Crippen molar-refractivity contribution < 1.29 is 97.5 Å². The molecule has 34 nitrogen and oxygen atoms in total. The van der Waals surface area contributed by atoms with Gasteiger partial charge in [0.05, 0.1) is 56.6 Å². The van der Waals surface area contributed by atoms with Crippen molar-refractivity contribution in [3.63, 3.8) is 0 Å². The number of rotatable bonds is 27. The standard InChI is InChI=1S/C75H110N14O20S2/c1-3-4-6-13-55(91)36-54-47-111-45-52-33-50(39-82-28-30-87(31-29-82)63(94)40-83-20-22-84(41-65(97)98)24-26-86(43-67(101)102)27-25-85(23-21-83)42-66(99)100)32-51(34-52)44-110-46-53(70(104)80-58(69(77)103)38-64(95)96)37-61(92)57(35-49-11-7-5-8-12-49)79-71(105)56(16-17-62(76)93)78-73(107)68(48(2)90)81-72(106)59-14-9-18-88(59)75(109)60-15-10-19-89(60)74(54)108/h5,7-8,11-12,32-34,48,53-54,56-60,68,90H,3-4,6,9-10,13-31,35-47H2,1-2H3,(H2,76,93)(H2,77,103)(H,78,107)(H,79,105)(H,80,104)(H,81,106)(H,95,96)(H,97,98)(H,99,100)(H,101,102)/t48-,53+,54+,56+,57+,58+,59+,60+,68+/m1/s1. The monoisotopic (exact) mass is 1590 g/mol. The molecule has 7 rings (SSSR count). The van der Waals surface area contributed by atoms with Crippen LogP contribution in [-0.4, -0.2) is 325 Å². The van der Waals surface area contributed by atoms with E-state index in [-0.39, 0.29) is 153 Å². The van der Waals surface area contributed by atoms with Gasteiger partial charge in [-0.05, 0) is 74.1 Å². The third-order valence-electron chi connectivity index (χ3n) is 20.5. The molecule has 0 unspecified atom stereocenters. The second kappa shape index (κ2) is 45.1. The van der Waals surface area contributed by atoms with Crippen LogP contribution in [-0.2, 0) is 96.4 Å². The van der Waals surface area contributed by atoms with Gasteiger partial charge >= 0.3 is 23.9 Å². The molecule has 2 bridgehead atoms. The van der Waals surface area contributed by atoms with E-state index in [9.17, 15) is 87.9 Å². The molecule has 2 aromatic carbocycles. The summed E-state index contributed by atoms with van der Waals surface area (Å²) < 4.78 is 0. The second-order valence-electron chi connectivity index (χ2n) is 29.4. The molecule has 4 fully saturated rings. The summed E-state index contributed by atoms with van der Waals surface area (Å²) in [6, 6.07) is 5.66. The number of carbonyl (C=O) groups is 15. The lowest BCUT2D eigenvalue weighted by molar-refractivity contribution is -0.148. The minimum Gasteiger partial charge on any atom is -0.481 e. The first-order valence-corrected chi connectivity index (χ1v) is 40.4. The summed E-state index contributed by atoms with van der Waals surface area (Å²) in [5.74, 6) is -14.2. The van der Waals surface area contributed by atoms with Crippen LogP contribution in [0.15, 0.2) is 48.5 Å². The quantitative estimate of drug-likeness (QED) is 0.0467. The molecule has 0 radical (unpaired) electrons. The van der Waals surface area contributed by atoms with Crippen LogP contribution in [0.4, 0.5) is 0 Å². The Labute approximate surface area is 654 Å². The Kier molecular flexibility index (Phi) is 36.4. The molecule has 5 heterocycles. The van der Waals surface area contributed by atoms with E-state index >= 15 is 9.59 Å². The molecule has 36 heteroatoms. The molecule has 9 atom stereocenters. The zero-order valence-electron chi connectivity index (χ0n) is 63.4. The lowest BCUT2D eigenvalue weighted by Gasteiger charge is -2.37. The van der Waals surface area contributed by atoms with Gasteiger partial charge < -0.3 is 73.0 Å². The van der Waals surface area contributed by atoms with Gasteiger partial charge in [0, 0.05) is 147 Å². The molecule has 5 aliphatic rings. The van der Waals surface area contributed by atoms with Crippen molar-refractivity contribution >= 4 is 112 Å². The van der Waals surface area contributed by atoms with E-state index < -0.39 is 157 Å². The van der Waals surface area contributed by atoms with Crippen molar-refractivity contribution in [3.05, 3.63) is 70.8 Å². The molecule has 4 saturated heterocycles. The predicted molar refractivity (Wildman–Crippen MR) is 409 cm³/mol. The van der Waals surface area contributed by atoms with E-state index in [4.69, 9.17) is 11.5 Å². The maximum absolute atomic E-state index is 15.1. The van der Waals surface area contributed by atoms with E-state index in [1.807, 2.05) is 30.0 Å². The maximum Gasteiger partial charge on any atom is 0.317 e. The average molecular weight is 1590 g/mol. The second-order valence-corrected chi connectivity index (χ2v) is 31.4. The number of Topliss-reactive ketones (excluding diaryl/α,β-unsaturated/α-hetero) is 2. The molecule has 0 saturated carbocycles. The van der Waals surface area contributed by atoms with Crippen LogP contribution in [0.25, 0.3) is 0 Å². The summed E-state index contributed by atoms with van der Waals surface area (Å²) in [7, 11) is 0. The predicted octanol–water partition coefficient (Wildman–Crippen LogP) is -1.21. The molecule has 0 aliphatic carbocycles. The van der Waals surface area contributed by atoms with Gasteiger partial charge in [0.15, 0.2) is 5.78 Å². The van der Waals surface area contributed by atoms with E-state index in [1.165, 1.54) is 40.2 Å². The Hall–Kier alpha value is -8.65. The Bertz CT molecular complexity index is 3560. The number of unbranched alkanes of at least 4 members (excludes halogenated alkanes) is 2. The Balaban J connectivity index is 1.21. The van der Waals surface area contributed by atoms with Gasteiger partial charge in [0.1, 0.15) is 36.0 Å². The van der Waals surface area contributed by atoms with E-state index in [0.717, 1.165) is 29.5 Å². The molecule has 111 heavy (non-hydrogen) atoms. The summed E-state index contributed by atoms with van der Waals surface area (Å²) in [5, 5.41) is 60.2. The summed E-state index contributed by atoms with van der Waals surface area (Å²) >= 11 is 2.64. The first-order valence-electron chi connectivity index (χ1n) is 38.1. The zero-order valence-corrected chi connectivity index (χ0v) is 65.0. The Morgan fingerprint density at radius 3 is 1.64 bits per heavy atom.